The average Bonchev–Trinajstić information content (AvgIpc) is 2.54. The summed E-state index contributed by atoms with van der Waals surface area (Å²) in [5, 5.41) is 13.8. The van der Waals surface area contributed by atoms with Crippen molar-refractivity contribution in [3.8, 4) is 0 Å². The Kier molecular flexibility index (Phi) is 6.02. The molecule has 2 rings (SSSR count). The normalized spacial score (nSPS) is 17.0. The van der Waals surface area contributed by atoms with Crippen LogP contribution in [0.2, 0.25) is 0 Å². The number of hydrogen-bond acceptors (Lipinski definition) is 3. The van der Waals surface area contributed by atoms with Crippen LogP contribution in [-0.2, 0) is 6.18 Å². The molecule has 0 amide bonds. The number of alkyl halides is 3. The number of nitrogens with zero attached hydrogens (tertiary/aromatic N) is 2. The van der Waals surface area contributed by atoms with Gasteiger partial charge in [-0.2, -0.15) is 13.2 Å². The van der Waals surface area contributed by atoms with Crippen molar-refractivity contribution in [2.75, 3.05) is 5.32 Å². The van der Waals surface area contributed by atoms with E-state index < -0.39 is 22.4 Å². The second kappa shape index (κ2) is 7.84. The number of nitro benzene ring substituents is 1. The molecule has 0 radical (unpaired) electrons. The van der Waals surface area contributed by atoms with Crippen molar-refractivity contribution in [2.45, 2.75) is 58.2 Å². The van der Waals surface area contributed by atoms with Gasteiger partial charge < -0.3 is 5.32 Å². The maximum atomic E-state index is 13.1. The summed E-state index contributed by atoms with van der Waals surface area (Å²) in [6.07, 6.45) is 0.564. The Morgan fingerprint density at radius 2 is 1.92 bits per heavy atom. The molecule has 0 atom stereocenters. The predicted octanol–water partition coefficient (Wildman–Crippen LogP) is 5.41. The van der Waals surface area contributed by atoms with Gasteiger partial charge in [-0.1, -0.05) is 33.1 Å². The van der Waals surface area contributed by atoms with E-state index in [4.69, 9.17) is 0 Å². The van der Waals surface area contributed by atoms with Crippen molar-refractivity contribution in [1.29, 1.82) is 0 Å². The fourth-order valence-electron chi connectivity index (χ4n) is 2.88. The van der Waals surface area contributed by atoms with Crippen LogP contribution in [-0.4, -0.2) is 16.8 Å². The average molecular weight is 357 g/mol. The zero-order chi connectivity index (χ0) is 18.6. The second-order valence-electron chi connectivity index (χ2n) is 6.57. The second-order valence-corrected chi connectivity index (χ2v) is 6.57. The molecule has 1 aliphatic carbocycles. The highest BCUT2D eigenvalue weighted by Gasteiger charge is 2.38. The van der Waals surface area contributed by atoms with Gasteiger partial charge in [0.15, 0.2) is 0 Å². The third kappa shape index (κ3) is 5.17. The van der Waals surface area contributed by atoms with Crippen LogP contribution >= 0.6 is 0 Å². The maximum Gasteiger partial charge on any atom is 0.423 e. The SMILES string of the molecule is CC(C)C(=NC1CCCCC1)Nc1ccc([N+](=O)[O-])c(C(F)(F)F)c1. The summed E-state index contributed by atoms with van der Waals surface area (Å²) >= 11 is 0. The molecule has 138 valence electrons. The zero-order valence-electron chi connectivity index (χ0n) is 14.3. The largest absolute Gasteiger partial charge is 0.423 e. The van der Waals surface area contributed by atoms with Gasteiger partial charge in [-0.3, -0.25) is 15.1 Å². The Bertz CT molecular complexity index is 651. The van der Waals surface area contributed by atoms with Crippen molar-refractivity contribution in [3.63, 3.8) is 0 Å². The molecular formula is C17H22F3N3O2. The molecule has 1 aromatic rings. The van der Waals surface area contributed by atoms with Crippen molar-refractivity contribution >= 4 is 17.2 Å². The molecule has 0 heterocycles. The fraction of sp³-hybridized carbons (Fsp3) is 0.588. The van der Waals surface area contributed by atoms with Crippen LogP contribution in [0.5, 0.6) is 0 Å². The Morgan fingerprint density at radius 1 is 1.28 bits per heavy atom. The van der Waals surface area contributed by atoms with Crippen molar-refractivity contribution in [2.24, 2.45) is 10.9 Å². The third-order valence-corrected chi connectivity index (χ3v) is 4.21. The van der Waals surface area contributed by atoms with E-state index in [-0.39, 0.29) is 17.6 Å². The van der Waals surface area contributed by atoms with Crippen LogP contribution in [0.15, 0.2) is 23.2 Å². The third-order valence-electron chi connectivity index (χ3n) is 4.21. The molecule has 1 aliphatic rings. The minimum absolute atomic E-state index is 0.00598. The van der Waals surface area contributed by atoms with Gasteiger partial charge in [-0.15, -0.1) is 0 Å². The summed E-state index contributed by atoms with van der Waals surface area (Å²) in [5.41, 5.74) is -2.06. The summed E-state index contributed by atoms with van der Waals surface area (Å²) in [7, 11) is 0. The fourth-order valence-corrected chi connectivity index (χ4v) is 2.88. The highest BCUT2D eigenvalue weighted by Crippen LogP contribution is 2.37. The van der Waals surface area contributed by atoms with Crippen LogP contribution in [0.25, 0.3) is 0 Å². The van der Waals surface area contributed by atoms with Gasteiger partial charge in [0.05, 0.1) is 11.0 Å². The zero-order valence-corrected chi connectivity index (χ0v) is 14.3. The number of hydrogen-bond donors (Lipinski definition) is 1. The highest BCUT2D eigenvalue weighted by molar-refractivity contribution is 5.97. The number of benzene rings is 1. The molecular weight excluding hydrogens is 335 g/mol. The molecule has 5 nitrogen and oxygen atoms in total. The van der Waals surface area contributed by atoms with Gasteiger partial charge in [0.2, 0.25) is 0 Å². The van der Waals surface area contributed by atoms with Gasteiger partial charge in [-0.25, -0.2) is 0 Å². The van der Waals surface area contributed by atoms with E-state index in [0.29, 0.717) is 5.84 Å². The number of anilines is 1. The maximum absolute atomic E-state index is 13.1. The molecule has 1 saturated carbocycles. The summed E-state index contributed by atoms with van der Waals surface area (Å²) in [6, 6.07) is 3.12. The lowest BCUT2D eigenvalue weighted by Crippen LogP contribution is -2.23. The smallest absolute Gasteiger partial charge is 0.344 e. The topological polar surface area (TPSA) is 67.5 Å². The molecule has 25 heavy (non-hydrogen) atoms. The highest BCUT2D eigenvalue weighted by atomic mass is 19.4. The quantitative estimate of drug-likeness (QED) is 0.339. The van der Waals surface area contributed by atoms with Crippen molar-refractivity contribution < 1.29 is 18.1 Å². The number of nitro groups is 1. The van der Waals surface area contributed by atoms with E-state index in [1.807, 2.05) is 13.8 Å². The first-order valence-electron chi connectivity index (χ1n) is 8.39. The van der Waals surface area contributed by atoms with Gasteiger partial charge in [-0.05, 0) is 25.0 Å². The minimum atomic E-state index is -4.79. The number of amidine groups is 1. The molecule has 0 bridgehead atoms. The van der Waals surface area contributed by atoms with Gasteiger partial charge in [0, 0.05) is 17.7 Å². The predicted molar refractivity (Wildman–Crippen MR) is 90.9 cm³/mol. The monoisotopic (exact) mass is 357 g/mol. The molecule has 8 heteroatoms. The lowest BCUT2D eigenvalue weighted by molar-refractivity contribution is -0.388. The van der Waals surface area contributed by atoms with Gasteiger partial charge in [0.1, 0.15) is 11.4 Å². The van der Waals surface area contributed by atoms with E-state index in [2.05, 4.69) is 10.3 Å². The lowest BCUT2D eigenvalue weighted by Gasteiger charge is -2.22. The summed E-state index contributed by atoms with van der Waals surface area (Å²) in [5.74, 6) is 0.611. The summed E-state index contributed by atoms with van der Waals surface area (Å²) in [4.78, 5) is 14.5. The molecule has 0 spiro atoms. The first kappa shape index (κ1) is 19.2. The van der Waals surface area contributed by atoms with E-state index in [1.54, 1.807) is 0 Å². The number of halogens is 3. The van der Waals surface area contributed by atoms with Crippen LogP contribution in [0, 0.1) is 16.0 Å². The van der Waals surface area contributed by atoms with Gasteiger partial charge in [0.25, 0.3) is 5.69 Å². The van der Waals surface area contributed by atoms with Crippen LogP contribution < -0.4 is 5.32 Å². The van der Waals surface area contributed by atoms with Gasteiger partial charge >= 0.3 is 6.18 Å². The van der Waals surface area contributed by atoms with Crippen molar-refractivity contribution in [3.05, 3.63) is 33.9 Å². The van der Waals surface area contributed by atoms with Crippen LogP contribution in [0.3, 0.4) is 0 Å². The Balaban J connectivity index is 2.30. The van der Waals surface area contributed by atoms with E-state index >= 15 is 0 Å². The first-order chi connectivity index (χ1) is 11.7. The molecule has 1 aromatic carbocycles. The number of nitrogens with one attached hydrogen (secondary N) is 1. The minimum Gasteiger partial charge on any atom is -0.344 e. The number of aliphatic imine (C=N–C) groups is 1. The summed E-state index contributed by atoms with van der Waals surface area (Å²) in [6.45, 7) is 3.81. The van der Waals surface area contributed by atoms with Crippen LogP contribution in [0.4, 0.5) is 24.5 Å². The first-order valence-corrected chi connectivity index (χ1v) is 8.39. The standard InChI is InChI=1S/C17H22F3N3O2/c1-11(2)16(21-12-6-4-3-5-7-12)22-13-8-9-15(23(24)25)14(10-13)17(18,19)20/h8-12H,3-7H2,1-2H3,(H,21,22). The molecule has 0 aliphatic heterocycles. The molecule has 0 aromatic heterocycles. The Morgan fingerprint density at radius 3 is 2.44 bits per heavy atom. The molecule has 1 fully saturated rings. The van der Waals surface area contributed by atoms with E-state index in [9.17, 15) is 23.3 Å². The summed E-state index contributed by atoms with van der Waals surface area (Å²) < 4.78 is 39.3. The Hall–Kier alpha value is -2.12. The molecule has 0 unspecified atom stereocenters. The number of rotatable bonds is 4. The van der Waals surface area contributed by atoms with E-state index in [0.717, 1.165) is 37.8 Å². The Labute approximate surface area is 144 Å². The van der Waals surface area contributed by atoms with Crippen molar-refractivity contribution in [1.82, 2.24) is 0 Å². The lowest BCUT2D eigenvalue weighted by atomic mass is 9.96. The molecule has 1 N–H and O–H groups in total. The van der Waals surface area contributed by atoms with E-state index in [1.165, 1.54) is 12.5 Å². The van der Waals surface area contributed by atoms with Crippen LogP contribution in [0.1, 0.15) is 51.5 Å². The molecule has 0 saturated heterocycles.